The van der Waals surface area contributed by atoms with Crippen molar-refractivity contribution in [3.8, 4) is 0 Å². The van der Waals surface area contributed by atoms with E-state index < -0.39 is 0 Å². The molecule has 0 aliphatic heterocycles. The van der Waals surface area contributed by atoms with Crippen LogP contribution in [-0.2, 0) is 5.88 Å². The van der Waals surface area contributed by atoms with Crippen LogP contribution in [0, 0.1) is 0 Å². The summed E-state index contributed by atoms with van der Waals surface area (Å²) in [5.74, 6) is 0.486. The van der Waals surface area contributed by atoms with Gasteiger partial charge in [0.2, 0.25) is 0 Å². The van der Waals surface area contributed by atoms with Crippen LogP contribution in [0.4, 0.5) is 5.69 Å². The van der Waals surface area contributed by atoms with E-state index in [-0.39, 0.29) is 0 Å². The van der Waals surface area contributed by atoms with Gasteiger partial charge in [0.15, 0.2) is 0 Å². The van der Waals surface area contributed by atoms with E-state index in [0.717, 1.165) is 16.8 Å². The molecule has 0 aliphatic carbocycles. The van der Waals surface area contributed by atoms with Crippen LogP contribution in [0.5, 0.6) is 0 Å². The summed E-state index contributed by atoms with van der Waals surface area (Å²) in [6.07, 6.45) is 1.85. The third kappa shape index (κ3) is 2.86. The molecule has 0 saturated heterocycles. The molecule has 3 heteroatoms. The maximum atomic E-state index is 5.80. The predicted octanol–water partition coefficient (Wildman–Crippen LogP) is 4.36. The number of aliphatic imine (C=N–C) groups is 1. The largest absolute Gasteiger partial charge is 0.264 e. The van der Waals surface area contributed by atoms with Gasteiger partial charge in [-0.3, -0.25) is 4.99 Å². The van der Waals surface area contributed by atoms with E-state index in [4.69, 9.17) is 23.2 Å². The summed E-state index contributed by atoms with van der Waals surface area (Å²) in [6.45, 7) is 5.32. The van der Waals surface area contributed by atoms with Crippen molar-refractivity contribution in [2.24, 2.45) is 4.99 Å². The van der Waals surface area contributed by atoms with E-state index in [9.17, 15) is 0 Å². The minimum atomic E-state index is 0.486. The van der Waals surface area contributed by atoms with Crippen molar-refractivity contribution in [3.63, 3.8) is 0 Å². The molecule has 1 aromatic rings. The summed E-state index contributed by atoms with van der Waals surface area (Å²) in [7, 11) is 0. The highest BCUT2D eigenvalue weighted by atomic mass is 35.5. The van der Waals surface area contributed by atoms with Crippen molar-refractivity contribution in [1.82, 2.24) is 0 Å². The van der Waals surface area contributed by atoms with Gasteiger partial charge in [0.1, 0.15) is 0 Å². The minimum absolute atomic E-state index is 0.486. The molecule has 14 heavy (non-hydrogen) atoms. The molecule has 0 amide bonds. The Kier molecular flexibility index (Phi) is 4.18. The lowest BCUT2D eigenvalue weighted by molar-refractivity contribution is 1.37. The molecule has 0 saturated carbocycles. The Labute approximate surface area is 94.1 Å². The molecule has 0 atom stereocenters. The number of halogens is 2. The molecule has 1 nitrogen and oxygen atoms in total. The fourth-order valence-electron chi connectivity index (χ4n) is 1.16. The monoisotopic (exact) mass is 227 g/mol. The van der Waals surface area contributed by atoms with Crippen LogP contribution < -0.4 is 0 Å². The molecule has 0 N–H and O–H groups in total. The molecule has 1 rings (SSSR count). The zero-order chi connectivity index (χ0) is 10.6. The normalized spacial score (nSPS) is 11.5. The minimum Gasteiger partial charge on any atom is -0.264 e. The highest BCUT2D eigenvalue weighted by Gasteiger charge is 1.99. The van der Waals surface area contributed by atoms with E-state index in [1.807, 2.05) is 31.2 Å². The van der Waals surface area contributed by atoms with Crippen molar-refractivity contribution in [2.75, 3.05) is 0 Å². The number of rotatable bonds is 3. The van der Waals surface area contributed by atoms with Crippen LogP contribution in [0.3, 0.4) is 0 Å². The topological polar surface area (TPSA) is 12.4 Å². The maximum absolute atomic E-state index is 5.80. The predicted molar refractivity (Wildman–Crippen MR) is 64.7 cm³/mol. The molecule has 0 heterocycles. The maximum Gasteiger partial charge on any atom is 0.0695 e. The number of nitrogens with zero attached hydrogens (tertiary/aromatic N) is 1. The van der Waals surface area contributed by atoms with E-state index >= 15 is 0 Å². The number of hydrogen-bond donors (Lipinski definition) is 0. The average molecular weight is 228 g/mol. The molecular formula is C11H11Cl2N. The van der Waals surface area contributed by atoms with Crippen molar-refractivity contribution < 1.29 is 0 Å². The summed E-state index contributed by atoms with van der Waals surface area (Å²) >= 11 is 11.5. The Morgan fingerprint density at radius 3 is 2.79 bits per heavy atom. The second-order valence-corrected chi connectivity index (χ2v) is 3.78. The Morgan fingerprint density at radius 2 is 2.29 bits per heavy atom. The van der Waals surface area contributed by atoms with E-state index in [0.29, 0.717) is 10.9 Å². The van der Waals surface area contributed by atoms with E-state index in [1.165, 1.54) is 0 Å². The Balaban J connectivity index is 3.21. The van der Waals surface area contributed by atoms with Crippen LogP contribution in [0.25, 0.3) is 6.08 Å². The zero-order valence-electron chi connectivity index (χ0n) is 7.93. The van der Waals surface area contributed by atoms with Gasteiger partial charge in [0.05, 0.1) is 5.69 Å². The summed E-state index contributed by atoms with van der Waals surface area (Å²) in [4.78, 5) is 3.90. The SMILES string of the molecule is C=Nc1ccc(CCl)cc1/C=C(\C)Cl. The number of benzene rings is 1. The standard InChI is InChI=1S/C11H11Cl2N/c1-8(13)5-10-6-9(7-12)3-4-11(10)14-2/h3-6H,2,7H2,1H3/b8-5+. The summed E-state index contributed by atoms with van der Waals surface area (Å²) in [6, 6.07) is 5.77. The Morgan fingerprint density at radius 1 is 1.57 bits per heavy atom. The van der Waals surface area contributed by atoms with Gasteiger partial charge in [-0.05, 0) is 37.4 Å². The lowest BCUT2D eigenvalue weighted by atomic mass is 10.1. The molecule has 0 aliphatic rings. The highest BCUT2D eigenvalue weighted by molar-refractivity contribution is 6.31. The van der Waals surface area contributed by atoms with Gasteiger partial charge in [-0.1, -0.05) is 17.7 Å². The molecule has 0 radical (unpaired) electrons. The lowest BCUT2D eigenvalue weighted by Gasteiger charge is -2.03. The molecule has 0 fully saturated rings. The van der Waals surface area contributed by atoms with E-state index in [2.05, 4.69) is 11.7 Å². The molecule has 0 bridgehead atoms. The molecule has 1 aromatic carbocycles. The van der Waals surface area contributed by atoms with Gasteiger partial charge >= 0.3 is 0 Å². The first-order chi connectivity index (χ1) is 6.67. The van der Waals surface area contributed by atoms with Crippen molar-refractivity contribution >= 4 is 41.7 Å². The van der Waals surface area contributed by atoms with Gasteiger partial charge in [-0.15, -0.1) is 11.6 Å². The zero-order valence-corrected chi connectivity index (χ0v) is 9.44. The van der Waals surface area contributed by atoms with Gasteiger partial charge < -0.3 is 0 Å². The first kappa shape index (κ1) is 11.3. The highest BCUT2D eigenvalue weighted by Crippen LogP contribution is 2.24. The van der Waals surface area contributed by atoms with Crippen LogP contribution >= 0.6 is 23.2 Å². The van der Waals surface area contributed by atoms with E-state index in [1.54, 1.807) is 0 Å². The first-order valence-corrected chi connectivity index (χ1v) is 5.08. The van der Waals surface area contributed by atoms with Crippen molar-refractivity contribution in [1.29, 1.82) is 0 Å². The number of alkyl halides is 1. The molecule has 0 spiro atoms. The molecule has 74 valence electrons. The van der Waals surface area contributed by atoms with Gasteiger partial charge in [-0.25, -0.2) is 0 Å². The Hall–Kier alpha value is -0.790. The summed E-state index contributed by atoms with van der Waals surface area (Å²) < 4.78 is 0. The quantitative estimate of drug-likeness (QED) is 0.538. The van der Waals surface area contributed by atoms with Gasteiger partial charge in [0.25, 0.3) is 0 Å². The molecular weight excluding hydrogens is 217 g/mol. The molecule has 0 unspecified atom stereocenters. The second-order valence-electron chi connectivity index (χ2n) is 2.92. The average Bonchev–Trinajstić information content (AvgIpc) is 2.16. The van der Waals surface area contributed by atoms with Crippen LogP contribution in [0.2, 0.25) is 0 Å². The third-order valence-corrected chi connectivity index (χ3v) is 2.19. The first-order valence-electron chi connectivity index (χ1n) is 4.17. The van der Waals surface area contributed by atoms with Crippen LogP contribution in [0.1, 0.15) is 18.1 Å². The van der Waals surface area contributed by atoms with Gasteiger partial charge in [-0.2, -0.15) is 0 Å². The molecule has 0 aromatic heterocycles. The number of hydrogen-bond acceptors (Lipinski definition) is 1. The van der Waals surface area contributed by atoms with Crippen molar-refractivity contribution in [2.45, 2.75) is 12.8 Å². The Bertz CT molecular complexity index is 366. The fraction of sp³-hybridized carbons (Fsp3) is 0.182. The third-order valence-electron chi connectivity index (χ3n) is 1.77. The van der Waals surface area contributed by atoms with Gasteiger partial charge in [0, 0.05) is 16.5 Å². The van der Waals surface area contributed by atoms with Crippen LogP contribution in [-0.4, -0.2) is 6.72 Å². The summed E-state index contributed by atoms with van der Waals surface area (Å²) in [5.41, 5.74) is 2.81. The van der Waals surface area contributed by atoms with Crippen molar-refractivity contribution in [3.05, 3.63) is 34.4 Å². The lowest BCUT2D eigenvalue weighted by Crippen LogP contribution is -1.81. The second kappa shape index (κ2) is 5.18. The number of allylic oxidation sites excluding steroid dienone is 1. The summed E-state index contributed by atoms with van der Waals surface area (Å²) in [5, 5.41) is 0.710. The van der Waals surface area contributed by atoms with Crippen LogP contribution in [0.15, 0.2) is 28.2 Å². The fourth-order valence-corrected chi connectivity index (χ4v) is 1.44. The smallest absolute Gasteiger partial charge is 0.0695 e.